The van der Waals surface area contributed by atoms with Crippen molar-refractivity contribution >= 4 is 12.0 Å². The van der Waals surface area contributed by atoms with E-state index in [1.54, 1.807) is 37.3 Å². The number of aromatic nitrogens is 1. The van der Waals surface area contributed by atoms with Gasteiger partial charge in [-0.05, 0) is 31.2 Å². The first-order valence-corrected chi connectivity index (χ1v) is 6.31. The summed E-state index contributed by atoms with van der Waals surface area (Å²) >= 11 is 0. The molecule has 0 bridgehead atoms. The van der Waals surface area contributed by atoms with Crippen molar-refractivity contribution in [2.24, 2.45) is 0 Å². The molecule has 21 heavy (non-hydrogen) atoms. The lowest BCUT2D eigenvalue weighted by Gasteiger charge is -2.10. The number of carboxylic acids is 1. The first-order valence-electron chi connectivity index (χ1n) is 6.31. The number of pyridine rings is 1. The van der Waals surface area contributed by atoms with Crippen molar-refractivity contribution in [1.82, 2.24) is 4.98 Å². The SMILES string of the molecule is Cc1ccc(OCc2ccccc2F)c(C=CC(=O)O)n1. The fraction of sp³-hybridized carbons (Fsp3) is 0.125. The van der Waals surface area contributed by atoms with Crippen LogP contribution in [-0.4, -0.2) is 16.1 Å². The van der Waals surface area contributed by atoms with Crippen LogP contribution in [0.2, 0.25) is 0 Å². The Labute approximate surface area is 121 Å². The lowest BCUT2D eigenvalue weighted by molar-refractivity contribution is -0.131. The zero-order valence-electron chi connectivity index (χ0n) is 11.4. The van der Waals surface area contributed by atoms with Gasteiger partial charge in [0.05, 0.1) is 0 Å². The zero-order chi connectivity index (χ0) is 15.2. The molecule has 0 radical (unpaired) electrons. The van der Waals surface area contributed by atoms with Crippen molar-refractivity contribution in [1.29, 1.82) is 0 Å². The predicted molar refractivity (Wildman–Crippen MR) is 76.4 cm³/mol. The molecular formula is C16H14FNO3. The Bertz CT molecular complexity index is 683. The fourth-order valence-electron chi connectivity index (χ4n) is 1.73. The summed E-state index contributed by atoms with van der Waals surface area (Å²) in [6.07, 6.45) is 2.34. The minimum atomic E-state index is -1.07. The molecule has 1 heterocycles. The van der Waals surface area contributed by atoms with Gasteiger partial charge in [0.25, 0.3) is 0 Å². The maximum atomic E-state index is 13.5. The van der Waals surface area contributed by atoms with E-state index >= 15 is 0 Å². The molecule has 0 atom stereocenters. The van der Waals surface area contributed by atoms with E-state index in [1.807, 2.05) is 0 Å². The van der Waals surface area contributed by atoms with Crippen molar-refractivity contribution in [3.8, 4) is 5.75 Å². The largest absolute Gasteiger partial charge is 0.487 e. The Morgan fingerprint density at radius 3 is 2.81 bits per heavy atom. The van der Waals surface area contributed by atoms with E-state index in [4.69, 9.17) is 9.84 Å². The molecule has 0 unspecified atom stereocenters. The smallest absolute Gasteiger partial charge is 0.328 e. The van der Waals surface area contributed by atoms with E-state index in [-0.39, 0.29) is 12.4 Å². The van der Waals surface area contributed by atoms with Crippen LogP contribution in [0.15, 0.2) is 42.5 Å². The van der Waals surface area contributed by atoms with Gasteiger partial charge in [0.2, 0.25) is 0 Å². The van der Waals surface area contributed by atoms with Crippen molar-refractivity contribution < 1.29 is 19.0 Å². The highest BCUT2D eigenvalue weighted by Crippen LogP contribution is 2.20. The van der Waals surface area contributed by atoms with E-state index in [0.29, 0.717) is 17.0 Å². The molecule has 0 aliphatic carbocycles. The number of hydrogen-bond acceptors (Lipinski definition) is 3. The van der Waals surface area contributed by atoms with Gasteiger partial charge in [0.1, 0.15) is 23.9 Å². The molecule has 0 aliphatic heterocycles. The molecule has 5 heteroatoms. The van der Waals surface area contributed by atoms with Gasteiger partial charge in [-0.15, -0.1) is 0 Å². The van der Waals surface area contributed by atoms with Crippen LogP contribution < -0.4 is 4.74 Å². The third-order valence-corrected chi connectivity index (χ3v) is 2.75. The molecule has 0 spiro atoms. The maximum absolute atomic E-state index is 13.5. The molecule has 0 aliphatic rings. The minimum absolute atomic E-state index is 0.0470. The van der Waals surface area contributed by atoms with Crippen molar-refractivity contribution in [2.45, 2.75) is 13.5 Å². The molecule has 1 aromatic heterocycles. The summed E-state index contributed by atoms with van der Waals surface area (Å²) in [5, 5.41) is 8.67. The van der Waals surface area contributed by atoms with Gasteiger partial charge in [0, 0.05) is 17.3 Å². The summed E-state index contributed by atoms with van der Waals surface area (Å²) in [7, 11) is 0. The third-order valence-electron chi connectivity index (χ3n) is 2.75. The molecule has 0 saturated heterocycles. The monoisotopic (exact) mass is 287 g/mol. The van der Waals surface area contributed by atoms with Crippen molar-refractivity contribution in [3.05, 3.63) is 65.2 Å². The van der Waals surface area contributed by atoms with E-state index < -0.39 is 5.97 Å². The molecule has 2 aromatic rings. The Balaban J connectivity index is 2.20. The molecule has 0 saturated carbocycles. The van der Waals surface area contributed by atoms with Crippen LogP contribution in [0.3, 0.4) is 0 Å². The number of carboxylic acid groups (broad SMARTS) is 1. The van der Waals surface area contributed by atoms with Crippen molar-refractivity contribution in [2.75, 3.05) is 0 Å². The number of halogens is 1. The van der Waals surface area contributed by atoms with Crippen LogP contribution in [0.5, 0.6) is 5.75 Å². The quantitative estimate of drug-likeness (QED) is 0.858. The average molecular weight is 287 g/mol. The normalized spacial score (nSPS) is 10.8. The average Bonchev–Trinajstić information content (AvgIpc) is 2.45. The van der Waals surface area contributed by atoms with Crippen molar-refractivity contribution in [3.63, 3.8) is 0 Å². The number of aliphatic carboxylic acids is 1. The molecular weight excluding hydrogens is 273 g/mol. The summed E-state index contributed by atoms with van der Waals surface area (Å²) in [5.41, 5.74) is 1.55. The van der Waals surface area contributed by atoms with Gasteiger partial charge in [-0.2, -0.15) is 0 Å². The molecule has 4 nitrogen and oxygen atoms in total. The van der Waals surface area contributed by atoms with Crippen LogP contribution >= 0.6 is 0 Å². The highest BCUT2D eigenvalue weighted by molar-refractivity contribution is 5.85. The number of aryl methyl sites for hydroxylation is 1. The number of hydrogen-bond donors (Lipinski definition) is 1. The molecule has 108 valence electrons. The molecule has 1 aromatic carbocycles. The molecule has 0 fully saturated rings. The number of ether oxygens (including phenoxy) is 1. The Hall–Kier alpha value is -2.69. The molecule has 1 N–H and O–H groups in total. The highest BCUT2D eigenvalue weighted by atomic mass is 19.1. The van der Waals surface area contributed by atoms with Crippen LogP contribution in [0, 0.1) is 12.7 Å². The van der Waals surface area contributed by atoms with Crippen LogP contribution in [0.4, 0.5) is 4.39 Å². The van der Waals surface area contributed by atoms with Gasteiger partial charge in [0.15, 0.2) is 0 Å². The first-order chi connectivity index (χ1) is 10.1. The van der Waals surface area contributed by atoms with Gasteiger partial charge in [-0.3, -0.25) is 0 Å². The minimum Gasteiger partial charge on any atom is -0.487 e. The van der Waals surface area contributed by atoms with Crippen LogP contribution in [0.25, 0.3) is 6.08 Å². The third kappa shape index (κ3) is 4.14. The first kappa shape index (κ1) is 14.7. The summed E-state index contributed by atoms with van der Waals surface area (Å²) in [4.78, 5) is 14.8. The highest BCUT2D eigenvalue weighted by Gasteiger charge is 2.06. The summed E-state index contributed by atoms with van der Waals surface area (Å²) in [5.74, 6) is -1.01. The van der Waals surface area contributed by atoms with Gasteiger partial charge >= 0.3 is 5.97 Å². The van der Waals surface area contributed by atoms with E-state index in [1.165, 1.54) is 12.1 Å². The van der Waals surface area contributed by atoms with Gasteiger partial charge in [-0.25, -0.2) is 14.2 Å². The number of rotatable bonds is 5. The van der Waals surface area contributed by atoms with E-state index in [2.05, 4.69) is 4.98 Å². The Kier molecular flexibility index (Phi) is 4.66. The second kappa shape index (κ2) is 6.65. The second-order valence-corrected chi connectivity index (χ2v) is 4.39. The van der Waals surface area contributed by atoms with Crippen LogP contribution in [-0.2, 0) is 11.4 Å². The topological polar surface area (TPSA) is 59.4 Å². The molecule has 0 amide bonds. The maximum Gasteiger partial charge on any atom is 0.328 e. The second-order valence-electron chi connectivity index (χ2n) is 4.39. The van der Waals surface area contributed by atoms with Gasteiger partial charge < -0.3 is 9.84 Å². The van der Waals surface area contributed by atoms with E-state index in [0.717, 1.165) is 11.8 Å². The summed E-state index contributed by atoms with van der Waals surface area (Å²) in [6, 6.07) is 9.74. The number of carbonyl (C=O) groups is 1. The fourth-order valence-corrected chi connectivity index (χ4v) is 1.73. The Morgan fingerprint density at radius 2 is 2.10 bits per heavy atom. The van der Waals surface area contributed by atoms with E-state index in [9.17, 15) is 9.18 Å². The predicted octanol–water partition coefficient (Wildman–Crippen LogP) is 3.21. The summed E-state index contributed by atoms with van der Waals surface area (Å²) < 4.78 is 19.1. The lowest BCUT2D eigenvalue weighted by Crippen LogP contribution is -2.01. The molecule has 2 rings (SSSR count). The number of nitrogens with zero attached hydrogens (tertiary/aromatic N) is 1. The summed E-state index contributed by atoms with van der Waals surface area (Å²) in [6.45, 7) is 1.84. The van der Waals surface area contributed by atoms with Gasteiger partial charge in [-0.1, -0.05) is 18.2 Å². The lowest BCUT2D eigenvalue weighted by atomic mass is 10.2. The Morgan fingerprint density at radius 1 is 1.33 bits per heavy atom. The zero-order valence-corrected chi connectivity index (χ0v) is 11.4. The standard InChI is InChI=1S/C16H14FNO3/c1-11-6-8-15(14(18-11)7-9-16(19)20)21-10-12-4-2-3-5-13(12)17/h2-9H,10H2,1H3,(H,19,20). The van der Waals surface area contributed by atoms with Crippen LogP contribution in [0.1, 0.15) is 17.0 Å². The number of benzene rings is 1.